The number of aryl methyl sites for hydroxylation is 1. The molecule has 4 nitrogen and oxygen atoms in total. The second-order valence-corrected chi connectivity index (χ2v) is 5.11. The molecular weight excluding hydrogens is 309 g/mol. The molecular formula is C16H11F3N2O2. The minimum Gasteiger partial charge on any atom is -0.481 e. The maximum Gasteiger partial charge on any atom is 0.307 e. The number of nitrogens with zero attached hydrogens (tertiary/aromatic N) is 2. The molecule has 3 rings (SSSR count). The van der Waals surface area contributed by atoms with Crippen molar-refractivity contribution >= 4 is 17.0 Å². The third-order valence-corrected chi connectivity index (χ3v) is 3.58. The number of rotatable bonds is 3. The Bertz CT molecular complexity index is 935. The molecule has 2 aromatic carbocycles. The molecule has 0 radical (unpaired) electrons. The molecule has 0 amide bonds. The van der Waals surface area contributed by atoms with Crippen molar-refractivity contribution in [1.29, 1.82) is 0 Å². The van der Waals surface area contributed by atoms with Crippen LogP contribution >= 0.6 is 0 Å². The lowest BCUT2D eigenvalue weighted by molar-refractivity contribution is -0.136. The van der Waals surface area contributed by atoms with Gasteiger partial charge in [-0.2, -0.15) is 0 Å². The second-order valence-electron chi connectivity index (χ2n) is 5.11. The highest BCUT2D eigenvalue weighted by Crippen LogP contribution is 2.28. The summed E-state index contributed by atoms with van der Waals surface area (Å²) in [5.74, 6) is -4.99. The van der Waals surface area contributed by atoms with Crippen molar-refractivity contribution in [1.82, 2.24) is 9.55 Å². The van der Waals surface area contributed by atoms with E-state index in [1.54, 1.807) is 25.2 Å². The van der Waals surface area contributed by atoms with E-state index in [1.165, 1.54) is 4.57 Å². The SMILES string of the molecule is Cn1c(-c2ccc(F)c(F)c2F)nc2cc(CC(=O)O)ccc21. The number of carboxylic acid groups (broad SMARTS) is 1. The van der Waals surface area contributed by atoms with Gasteiger partial charge in [0.2, 0.25) is 0 Å². The Labute approximate surface area is 128 Å². The molecule has 0 aliphatic heterocycles. The molecule has 0 spiro atoms. The highest BCUT2D eigenvalue weighted by atomic mass is 19.2. The minimum atomic E-state index is -1.55. The van der Waals surface area contributed by atoms with E-state index in [2.05, 4.69) is 4.98 Å². The number of hydrogen-bond acceptors (Lipinski definition) is 2. The van der Waals surface area contributed by atoms with Crippen LogP contribution in [0.5, 0.6) is 0 Å². The summed E-state index contributed by atoms with van der Waals surface area (Å²) in [6.07, 6.45) is -0.165. The standard InChI is InChI=1S/C16H11F3N2O2/c1-21-12-5-2-8(7-13(22)23)6-11(12)20-16(21)9-3-4-10(17)15(19)14(9)18/h2-6H,7H2,1H3,(H,22,23). The Morgan fingerprint density at radius 2 is 1.91 bits per heavy atom. The van der Waals surface area contributed by atoms with Crippen LogP contribution < -0.4 is 0 Å². The Hall–Kier alpha value is -2.83. The van der Waals surface area contributed by atoms with Crippen LogP contribution in [0.4, 0.5) is 13.2 Å². The number of fused-ring (bicyclic) bond motifs is 1. The zero-order valence-electron chi connectivity index (χ0n) is 12.0. The number of benzene rings is 2. The van der Waals surface area contributed by atoms with Gasteiger partial charge in [-0.25, -0.2) is 18.2 Å². The largest absolute Gasteiger partial charge is 0.481 e. The first-order valence-electron chi connectivity index (χ1n) is 6.69. The van der Waals surface area contributed by atoms with Crippen molar-refractivity contribution in [2.75, 3.05) is 0 Å². The third kappa shape index (κ3) is 2.54. The number of carboxylic acids is 1. The number of aliphatic carboxylic acids is 1. The van der Waals surface area contributed by atoms with Gasteiger partial charge in [-0.3, -0.25) is 4.79 Å². The van der Waals surface area contributed by atoms with E-state index in [0.717, 1.165) is 12.1 Å². The summed E-state index contributed by atoms with van der Waals surface area (Å²) in [6.45, 7) is 0. The molecule has 0 aliphatic carbocycles. The van der Waals surface area contributed by atoms with Gasteiger partial charge in [0.15, 0.2) is 17.5 Å². The van der Waals surface area contributed by atoms with E-state index in [-0.39, 0.29) is 17.8 Å². The first-order chi connectivity index (χ1) is 10.9. The van der Waals surface area contributed by atoms with Crippen LogP contribution in [0.2, 0.25) is 0 Å². The first-order valence-corrected chi connectivity index (χ1v) is 6.69. The van der Waals surface area contributed by atoms with Crippen LogP contribution in [-0.2, 0) is 18.3 Å². The predicted molar refractivity (Wildman–Crippen MR) is 77.4 cm³/mol. The fourth-order valence-corrected chi connectivity index (χ4v) is 2.47. The van der Waals surface area contributed by atoms with Gasteiger partial charge >= 0.3 is 5.97 Å². The second kappa shape index (κ2) is 5.42. The number of carbonyl (C=O) groups is 1. The Balaban J connectivity index is 2.17. The van der Waals surface area contributed by atoms with Gasteiger partial charge in [0.1, 0.15) is 5.82 Å². The number of halogens is 3. The third-order valence-electron chi connectivity index (χ3n) is 3.58. The van der Waals surface area contributed by atoms with Crippen LogP contribution in [0.3, 0.4) is 0 Å². The number of imidazole rings is 1. The average Bonchev–Trinajstić information content (AvgIpc) is 2.81. The predicted octanol–water partition coefficient (Wildman–Crippen LogP) is 3.28. The lowest BCUT2D eigenvalue weighted by atomic mass is 10.1. The van der Waals surface area contributed by atoms with E-state index in [0.29, 0.717) is 16.6 Å². The molecule has 0 fully saturated rings. The molecule has 0 saturated carbocycles. The molecule has 118 valence electrons. The van der Waals surface area contributed by atoms with Crippen molar-refractivity contribution in [3.8, 4) is 11.4 Å². The molecule has 0 atom stereocenters. The van der Waals surface area contributed by atoms with E-state index in [4.69, 9.17) is 5.11 Å². The van der Waals surface area contributed by atoms with Gasteiger partial charge in [-0.05, 0) is 29.8 Å². The molecule has 0 bridgehead atoms. The van der Waals surface area contributed by atoms with Gasteiger partial charge < -0.3 is 9.67 Å². The van der Waals surface area contributed by atoms with Gasteiger partial charge in [-0.1, -0.05) is 6.07 Å². The average molecular weight is 320 g/mol. The Kier molecular flexibility index (Phi) is 3.55. The lowest BCUT2D eigenvalue weighted by Gasteiger charge is -2.05. The number of hydrogen-bond donors (Lipinski definition) is 1. The molecule has 3 aromatic rings. The maximum absolute atomic E-state index is 14.0. The summed E-state index contributed by atoms with van der Waals surface area (Å²) in [5.41, 5.74) is 1.45. The summed E-state index contributed by atoms with van der Waals surface area (Å²) in [7, 11) is 1.61. The zero-order chi connectivity index (χ0) is 16.7. The van der Waals surface area contributed by atoms with E-state index >= 15 is 0 Å². The molecule has 1 heterocycles. The van der Waals surface area contributed by atoms with Gasteiger partial charge in [0.25, 0.3) is 0 Å². The summed E-state index contributed by atoms with van der Waals surface area (Å²) < 4.78 is 42.0. The molecule has 0 saturated heterocycles. The van der Waals surface area contributed by atoms with Gasteiger partial charge in [0, 0.05) is 7.05 Å². The number of aromatic nitrogens is 2. The highest BCUT2D eigenvalue weighted by molar-refractivity contribution is 5.82. The van der Waals surface area contributed by atoms with Crippen LogP contribution in [0.1, 0.15) is 5.56 Å². The fraction of sp³-hybridized carbons (Fsp3) is 0.125. The van der Waals surface area contributed by atoms with Gasteiger partial charge in [-0.15, -0.1) is 0 Å². The molecule has 1 N–H and O–H groups in total. The lowest BCUT2D eigenvalue weighted by Crippen LogP contribution is -2.00. The summed E-state index contributed by atoms with van der Waals surface area (Å²) >= 11 is 0. The Morgan fingerprint density at radius 1 is 1.17 bits per heavy atom. The summed E-state index contributed by atoms with van der Waals surface area (Å²) in [6, 6.07) is 6.81. The molecule has 0 unspecified atom stereocenters. The quantitative estimate of drug-likeness (QED) is 0.754. The van der Waals surface area contributed by atoms with Crippen molar-refractivity contribution in [3.05, 3.63) is 53.3 Å². The van der Waals surface area contributed by atoms with Crippen molar-refractivity contribution in [2.45, 2.75) is 6.42 Å². The smallest absolute Gasteiger partial charge is 0.307 e. The van der Waals surface area contributed by atoms with Crippen LogP contribution in [-0.4, -0.2) is 20.6 Å². The first kappa shape index (κ1) is 15.1. The molecule has 7 heteroatoms. The van der Waals surface area contributed by atoms with E-state index < -0.39 is 23.4 Å². The normalized spacial score (nSPS) is 11.1. The molecule has 0 aliphatic rings. The van der Waals surface area contributed by atoms with Crippen LogP contribution in [0.25, 0.3) is 22.4 Å². The molecule has 1 aromatic heterocycles. The van der Waals surface area contributed by atoms with Crippen molar-refractivity contribution in [3.63, 3.8) is 0 Å². The van der Waals surface area contributed by atoms with Gasteiger partial charge in [0.05, 0.1) is 23.0 Å². The highest BCUT2D eigenvalue weighted by Gasteiger charge is 2.19. The molecule has 23 heavy (non-hydrogen) atoms. The fourth-order valence-electron chi connectivity index (χ4n) is 2.47. The van der Waals surface area contributed by atoms with Crippen LogP contribution in [0.15, 0.2) is 30.3 Å². The Morgan fingerprint density at radius 3 is 2.61 bits per heavy atom. The van der Waals surface area contributed by atoms with Crippen molar-refractivity contribution < 1.29 is 23.1 Å². The van der Waals surface area contributed by atoms with Crippen molar-refractivity contribution in [2.24, 2.45) is 7.05 Å². The monoisotopic (exact) mass is 320 g/mol. The topological polar surface area (TPSA) is 55.1 Å². The van der Waals surface area contributed by atoms with E-state index in [1.807, 2.05) is 0 Å². The van der Waals surface area contributed by atoms with Crippen LogP contribution in [0, 0.1) is 17.5 Å². The maximum atomic E-state index is 14.0. The zero-order valence-corrected chi connectivity index (χ0v) is 12.0. The summed E-state index contributed by atoms with van der Waals surface area (Å²) in [5, 5.41) is 8.82. The minimum absolute atomic E-state index is 0.129. The summed E-state index contributed by atoms with van der Waals surface area (Å²) in [4.78, 5) is 15.0. The van der Waals surface area contributed by atoms with E-state index in [9.17, 15) is 18.0 Å².